The second kappa shape index (κ2) is 7.10. The van der Waals surface area contributed by atoms with E-state index in [9.17, 15) is 9.59 Å². The largest absolute Gasteiger partial charge is 0.353 e. The van der Waals surface area contributed by atoms with Crippen molar-refractivity contribution < 1.29 is 9.59 Å². The number of carbonyl (C=O) groups is 2. The van der Waals surface area contributed by atoms with Crippen molar-refractivity contribution in [2.45, 2.75) is 69.6 Å². The molecule has 1 spiro atoms. The van der Waals surface area contributed by atoms with Gasteiger partial charge in [0.15, 0.2) is 0 Å². The molecule has 3 saturated heterocycles. The third-order valence-electron chi connectivity index (χ3n) is 7.70. The van der Waals surface area contributed by atoms with Gasteiger partial charge in [-0.25, -0.2) is 0 Å². The highest BCUT2D eigenvalue weighted by atomic mass is 16.2. The Labute approximate surface area is 173 Å². The van der Waals surface area contributed by atoms with E-state index in [0.717, 1.165) is 63.0 Å². The number of anilines is 1. The fraction of sp³-hybridized carbons (Fsp3) is 0.652. The number of nitrogens with zero attached hydrogens (tertiary/aromatic N) is 2. The molecule has 0 unspecified atom stereocenters. The summed E-state index contributed by atoms with van der Waals surface area (Å²) < 4.78 is 0. The van der Waals surface area contributed by atoms with Crippen molar-refractivity contribution in [1.29, 1.82) is 0 Å². The molecule has 2 N–H and O–H groups in total. The lowest BCUT2D eigenvalue weighted by Gasteiger charge is -2.38. The van der Waals surface area contributed by atoms with E-state index in [2.05, 4.69) is 34.3 Å². The van der Waals surface area contributed by atoms with Gasteiger partial charge < -0.3 is 15.5 Å². The van der Waals surface area contributed by atoms with Crippen LogP contribution in [0, 0.1) is 5.92 Å². The van der Waals surface area contributed by atoms with Gasteiger partial charge in [0.25, 0.3) is 0 Å². The van der Waals surface area contributed by atoms with Crippen LogP contribution < -0.4 is 10.6 Å². The summed E-state index contributed by atoms with van der Waals surface area (Å²) in [5.41, 5.74) is 1.03. The smallest absolute Gasteiger partial charge is 0.250 e. The van der Waals surface area contributed by atoms with Crippen LogP contribution >= 0.6 is 0 Å². The summed E-state index contributed by atoms with van der Waals surface area (Å²) in [5.74, 6) is -0.272. The molecule has 156 valence electrons. The summed E-state index contributed by atoms with van der Waals surface area (Å²) in [6, 6.07) is 9.02. The minimum absolute atomic E-state index is 0.0159. The average Bonchev–Trinajstić information content (AvgIpc) is 3.37. The Morgan fingerprint density at radius 1 is 1.17 bits per heavy atom. The number of fused-ring (bicyclic) bond motifs is 4. The molecule has 0 aliphatic carbocycles. The summed E-state index contributed by atoms with van der Waals surface area (Å²) in [4.78, 5) is 31.7. The predicted molar refractivity (Wildman–Crippen MR) is 112 cm³/mol. The molecule has 4 aliphatic heterocycles. The second-order valence-corrected chi connectivity index (χ2v) is 9.46. The Morgan fingerprint density at radius 2 is 1.93 bits per heavy atom. The number of carbonyl (C=O) groups excluding carboxylic acids is 2. The molecule has 0 bridgehead atoms. The highest BCUT2D eigenvalue weighted by Crippen LogP contribution is 2.55. The van der Waals surface area contributed by atoms with Crippen LogP contribution in [-0.2, 0) is 15.1 Å². The topological polar surface area (TPSA) is 64.7 Å². The number of nitrogens with one attached hydrogen (secondary N) is 2. The van der Waals surface area contributed by atoms with E-state index >= 15 is 0 Å². The SMILES string of the molecule is CC(C)N1CCC(NC(=O)[C@@H]2C[C@H]3CCCN3[C@]23C(=O)Nc2ccccc23)CC1. The van der Waals surface area contributed by atoms with Crippen molar-refractivity contribution in [3.05, 3.63) is 29.8 Å². The molecule has 5 rings (SSSR count). The minimum atomic E-state index is -0.833. The highest BCUT2D eigenvalue weighted by Gasteiger charge is 2.65. The molecule has 4 heterocycles. The molecule has 3 fully saturated rings. The number of benzene rings is 1. The number of para-hydroxylation sites is 1. The first-order chi connectivity index (χ1) is 14.0. The molecule has 6 nitrogen and oxygen atoms in total. The number of amides is 2. The monoisotopic (exact) mass is 396 g/mol. The molecule has 0 radical (unpaired) electrons. The standard InChI is InChI=1S/C23H32N4O2/c1-15(2)26-12-9-16(10-13-26)24-21(28)19-14-17-6-5-11-27(17)23(19)18-7-3-4-8-20(18)25-22(23)29/h3-4,7-8,15-17,19H,5-6,9-14H2,1-2H3,(H,24,28)(H,25,29)/t17-,19+,23+/m1/s1. The predicted octanol–water partition coefficient (Wildman–Crippen LogP) is 2.31. The number of likely N-dealkylation sites (tertiary alicyclic amines) is 1. The van der Waals surface area contributed by atoms with Gasteiger partial charge in [0.05, 0.1) is 5.92 Å². The fourth-order valence-corrected chi connectivity index (χ4v) is 6.24. The van der Waals surface area contributed by atoms with Gasteiger partial charge in [-0.2, -0.15) is 0 Å². The lowest BCUT2D eigenvalue weighted by molar-refractivity contribution is -0.138. The van der Waals surface area contributed by atoms with E-state index in [4.69, 9.17) is 0 Å². The third-order valence-corrected chi connectivity index (χ3v) is 7.70. The van der Waals surface area contributed by atoms with Crippen molar-refractivity contribution >= 4 is 17.5 Å². The lowest BCUT2D eigenvalue weighted by atomic mass is 9.78. The first-order valence-electron chi connectivity index (χ1n) is 11.2. The quantitative estimate of drug-likeness (QED) is 0.823. The average molecular weight is 397 g/mol. The Bertz CT molecular complexity index is 817. The van der Waals surface area contributed by atoms with Crippen LogP contribution in [-0.4, -0.2) is 59.4 Å². The Kier molecular flexibility index (Phi) is 4.67. The summed E-state index contributed by atoms with van der Waals surface area (Å²) in [6.45, 7) is 7.39. The Hall–Kier alpha value is -1.92. The zero-order valence-electron chi connectivity index (χ0n) is 17.5. The van der Waals surface area contributed by atoms with Gasteiger partial charge in [-0.15, -0.1) is 0 Å². The molecule has 0 saturated carbocycles. The highest BCUT2D eigenvalue weighted by molar-refractivity contribution is 6.09. The molecule has 2 amide bonds. The van der Waals surface area contributed by atoms with Gasteiger partial charge in [-0.05, 0) is 58.6 Å². The second-order valence-electron chi connectivity index (χ2n) is 9.46. The van der Waals surface area contributed by atoms with E-state index in [0.29, 0.717) is 12.1 Å². The maximum absolute atomic E-state index is 13.5. The van der Waals surface area contributed by atoms with E-state index in [1.54, 1.807) is 0 Å². The molecule has 29 heavy (non-hydrogen) atoms. The molecular formula is C23H32N4O2. The van der Waals surface area contributed by atoms with Crippen LogP contribution in [0.5, 0.6) is 0 Å². The summed E-state index contributed by atoms with van der Waals surface area (Å²) >= 11 is 0. The van der Waals surface area contributed by atoms with Gasteiger partial charge in [0.2, 0.25) is 11.8 Å². The Balaban J connectivity index is 1.41. The fourth-order valence-electron chi connectivity index (χ4n) is 6.24. The molecule has 6 heteroatoms. The van der Waals surface area contributed by atoms with Gasteiger partial charge in [-0.1, -0.05) is 18.2 Å². The van der Waals surface area contributed by atoms with Gasteiger partial charge in [0.1, 0.15) is 5.54 Å². The van der Waals surface area contributed by atoms with Crippen molar-refractivity contribution in [2.24, 2.45) is 5.92 Å². The van der Waals surface area contributed by atoms with Gasteiger partial charge in [0, 0.05) is 42.5 Å². The molecule has 1 aromatic rings. The number of piperidine rings is 1. The molecule has 1 aromatic carbocycles. The zero-order chi connectivity index (χ0) is 20.2. The van der Waals surface area contributed by atoms with Crippen LogP contribution in [0.25, 0.3) is 0 Å². The van der Waals surface area contributed by atoms with Gasteiger partial charge in [-0.3, -0.25) is 14.5 Å². The molecular weight excluding hydrogens is 364 g/mol. The number of hydrogen-bond donors (Lipinski definition) is 2. The van der Waals surface area contributed by atoms with Crippen molar-refractivity contribution in [3.8, 4) is 0 Å². The summed E-state index contributed by atoms with van der Waals surface area (Å²) in [6.07, 6.45) is 4.93. The Morgan fingerprint density at radius 3 is 2.69 bits per heavy atom. The van der Waals surface area contributed by atoms with Crippen LogP contribution in [0.4, 0.5) is 5.69 Å². The van der Waals surface area contributed by atoms with E-state index in [-0.39, 0.29) is 23.8 Å². The zero-order valence-corrected chi connectivity index (χ0v) is 17.5. The molecule has 3 atom stereocenters. The van der Waals surface area contributed by atoms with Crippen LogP contribution in [0.2, 0.25) is 0 Å². The van der Waals surface area contributed by atoms with Gasteiger partial charge >= 0.3 is 0 Å². The number of rotatable bonds is 3. The van der Waals surface area contributed by atoms with Crippen LogP contribution in [0.3, 0.4) is 0 Å². The number of hydrogen-bond acceptors (Lipinski definition) is 4. The molecule has 0 aromatic heterocycles. The minimum Gasteiger partial charge on any atom is -0.353 e. The normalized spacial score (nSPS) is 32.6. The van der Waals surface area contributed by atoms with E-state index in [1.807, 2.05) is 24.3 Å². The van der Waals surface area contributed by atoms with E-state index < -0.39 is 5.54 Å². The maximum atomic E-state index is 13.5. The third kappa shape index (κ3) is 2.83. The van der Waals surface area contributed by atoms with Crippen LogP contribution in [0.1, 0.15) is 51.5 Å². The van der Waals surface area contributed by atoms with Crippen molar-refractivity contribution in [3.63, 3.8) is 0 Å². The first-order valence-corrected chi connectivity index (χ1v) is 11.2. The van der Waals surface area contributed by atoms with Crippen molar-refractivity contribution in [1.82, 2.24) is 15.1 Å². The lowest BCUT2D eigenvalue weighted by Crippen LogP contribution is -2.56. The van der Waals surface area contributed by atoms with E-state index in [1.165, 1.54) is 0 Å². The summed E-state index contributed by atoms with van der Waals surface area (Å²) in [7, 11) is 0. The van der Waals surface area contributed by atoms with Crippen LogP contribution in [0.15, 0.2) is 24.3 Å². The van der Waals surface area contributed by atoms with Crippen molar-refractivity contribution in [2.75, 3.05) is 25.0 Å². The first kappa shape index (κ1) is 19.1. The molecule has 4 aliphatic rings. The summed E-state index contributed by atoms with van der Waals surface area (Å²) in [5, 5.41) is 6.42. The maximum Gasteiger partial charge on any atom is 0.250 e.